The maximum Gasteiger partial charge on any atom is 0.101 e. The summed E-state index contributed by atoms with van der Waals surface area (Å²) in [4.78, 5) is 8.70. The van der Waals surface area contributed by atoms with E-state index < -0.39 is 0 Å². The van der Waals surface area contributed by atoms with Gasteiger partial charge in [0.25, 0.3) is 0 Å². The second-order valence-electron chi connectivity index (χ2n) is 3.50. The summed E-state index contributed by atoms with van der Waals surface area (Å²) in [5, 5.41) is 2.26. The predicted octanol–water partition coefficient (Wildman–Crippen LogP) is 3.71. The number of nitrogens with zero attached hydrogens (tertiary/aromatic N) is 1. The van der Waals surface area contributed by atoms with Crippen LogP contribution in [0.25, 0.3) is 10.9 Å². The van der Waals surface area contributed by atoms with Crippen molar-refractivity contribution in [1.29, 1.82) is 0 Å². The predicted molar refractivity (Wildman–Crippen MR) is 66.7 cm³/mol. The smallest absolute Gasteiger partial charge is 0.101 e. The highest BCUT2D eigenvalue weighted by molar-refractivity contribution is 7.99. The molecule has 0 saturated heterocycles. The van der Waals surface area contributed by atoms with E-state index in [2.05, 4.69) is 34.2 Å². The molecule has 0 atom stereocenters. The lowest BCUT2D eigenvalue weighted by Crippen LogP contribution is -1.77. The first-order chi connectivity index (χ1) is 7.92. The average molecular weight is 226 g/mol. The first kappa shape index (κ1) is 9.48. The molecule has 2 nitrogen and oxygen atoms in total. The lowest BCUT2D eigenvalue weighted by Gasteiger charge is -2.00. The van der Waals surface area contributed by atoms with Crippen LogP contribution in [0.3, 0.4) is 0 Å². The van der Waals surface area contributed by atoms with Crippen LogP contribution in [0.2, 0.25) is 0 Å². The van der Waals surface area contributed by atoms with Crippen molar-refractivity contribution in [3.8, 4) is 0 Å². The van der Waals surface area contributed by atoms with Gasteiger partial charge < -0.3 is 4.98 Å². The molecule has 16 heavy (non-hydrogen) atoms. The van der Waals surface area contributed by atoms with Gasteiger partial charge in [-0.15, -0.1) is 0 Å². The highest BCUT2D eigenvalue weighted by Crippen LogP contribution is 2.28. The number of aromatic amines is 1. The summed E-state index contributed by atoms with van der Waals surface area (Å²) < 4.78 is 0. The molecule has 0 aliphatic rings. The molecule has 0 fully saturated rings. The van der Waals surface area contributed by atoms with E-state index in [1.807, 2.05) is 30.6 Å². The van der Waals surface area contributed by atoms with Crippen LogP contribution in [0.5, 0.6) is 0 Å². The van der Waals surface area contributed by atoms with E-state index in [1.54, 1.807) is 11.8 Å². The topological polar surface area (TPSA) is 28.7 Å². The molecule has 0 saturated carbocycles. The van der Waals surface area contributed by atoms with Crippen LogP contribution in [0, 0.1) is 0 Å². The van der Waals surface area contributed by atoms with Crippen molar-refractivity contribution in [3.63, 3.8) is 0 Å². The van der Waals surface area contributed by atoms with Crippen LogP contribution in [-0.4, -0.2) is 9.97 Å². The Hall–Kier alpha value is -1.74. The summed E-state index contributed by atoms with van der Waals surface area (Å²) in [6.07, 6.45) is 3.77. The summed E-state index contributed by atoms with van der Waals surface area (Å²) in [7, 11) is 0. The molecule has 0 spiro atoms. The van der Waals surface area contributed by atoms with Crippen molar-refractivity contribution < 1.29 is 0 Å². The molecule has 0 unspecified atom stereocenters. The fraction of sp³-hybridized carbons (Fsp3) is 0. The Labute approximate surface area is 97.7 Å². The molecular weight excluding hydrogens is 216 g/mol. The Balaban J connectivity index is 1.94. The van der Waals surface area contributed by atoms with Gasteiger partial charge in [-0.05, 0) is 36.4 Å². The molecule has 1 aromatic carbocycles. The number of pyridine rings is 1. The maximum absolute atomic E-state index is 4.30. The molecule has 1 N–H and O–H groups in total. The normalized spacial score (nSPS) is 10.8. The summed E-state index contributed by atoms with van der Waals surface area (Å²) in [5.74, 6) is 0. The molecule has 78 valence electrons. The van der Waals surface area contributed by atoms with Gasteiger partial charge in [0, 0.05) is 28.2 Å². The Morgan fingerprint density at radius 3 is 2.94 bits per heavy atom. The van der Waals surface area contributed by atoms with Gasteiger partial charge >= 0.3 is 0 Å². The van der Waals surface area contributed by atoms with Gasteiger partial charge in [0.1, 0.15) is 5.03 Å². The standard InChI is InChI=1S/C13H10N2S/c1-2-7-15-13(3-1)16-11-4-5-12-10(9-11)6-8-14-12/h1-9,14H. The third-order valence-electron chi connectivity index (χ3n) is 2.38. The minimum absolute atomic E-state index is 1.03. The molecule has 0 aliphatic heterocycles. The second-order valence-corrected chi connectivity index (χ2v) is 4.59. The minimum atomic E-state index is 1.03. The zero-order valence-corrected chi connectivity index (χ0v) is 9.37. The van der Waals surface area contributed by atoms with Crippen LogP contribution in [0.4, 0.5) is 0 Å². The quantitative estimate of drug-likeness (QED) is 0.721. The van der Waals surface area contributed by atoms with Crippen molar-refractivity contribution >= 4 is 22.7 Å². The largest absolute Gasteiger partial charge is 0.361 e. The van der Waals surface area contributed by atoms with Gasteiger partial charge in [0.15, 0.2) is 0 Å². The Bertz CT molecular complexity index is 601. The highest BCUT2D eigenvalue weighted by atomic mass is 32.2. The number of fused-ring (bicyclic) bond motifs is 1. The summed E-state index contributed by atoms with van der Waals surface area (Å²) in [6.45, 7) is 0. The number of aromatic nitrogens is 2. The summed E-state index contributed by atoms with van der Waals surface area (Å²) in [6, 6.07) is 14.4. The van der Waals surface area contributed by atoms with E-state index >= 15 is 0 Å². The zero-order chi connectivity index (χ0) is 10.8. The van der Waals surface area contributed by atoms with Crippen LogP contribution in [-0.2, 0) is 0 Å². The molecule has 0 bridgehead atoms. The molecular formula is C13H10N2S. The second kappa shape index (κ2) is 4.02. The number of rotatable bonds is 2. The van der Waals surface area contributed by atoms with Crippen molar-refractivity contribution in [2.24, 2.45) is 0 Å². The fourth-order valence-electron chi connectivity index (χ4n) is 1.62. The Morgan fingerprint density at radius 2 is 2.06 bits per heavy atom. The van der Waals surface area contributed by atoms with Crippen molar-refractivity contribution in [2.45, 2.75) is 9.92 Å². The van der Waals surface area contributed by atoms with Crippen molar-refractivity contribution in [3.05, 3.63) is 54.9 Å². The van der Waals surface area contributed by atoms with E-state index in [0.717, 1.165) is 5.03 Å². The van der Waals surface area contributed by atoms with E-state index in [1.165, 1.54) is 15.8 Å². The molecule has 0 aliphatic carbocycles. The van der Waals surface area contributed by atoms with Gasteiger partial charge in [0.05, 0.1) is 0 Å². The lowest BCUT2D eigenvalue weighted by molar-refractivity contribution is 1.13. The van der Waals surface area contributed by atoms with Crippen molar-refractivity contribution in [1.82, 2.24) is 9.97 Å². The van der Waals surface area contributed by atoms with Crippen molar-refractivity contribution in [2.75, 3.05) is 0 Å². The van der Waals surface area contributed by atoms with E-state index in [9.17, 15) is 0 Å². The fourth-order valence-corrected chi connectivity index (χ4v) is 2.45. The van der Waals surface area contributed by atoms with Gasteiger partial charge in [-0.2, -0.15) is 0 Å². The van der Waals surface area contributed by atoms with Gasteiger partial charge in [-0.3, -0.25) is 0 Å². The number of H-pyrrole nitrogens is 1. The molecule has 3 rings (SSSR count). The molecule has 3 heteroatoms. The molecule has 0 radical (unpaired) electrons. The third kappa shape index (κ3) is 1.82. The first-order valence-electron chi connectivity index (χ1n) is 5.08. The lowest BCUT2D eigenvalue weighted by atomic mass is 10.2. The average Bonchev–Trinajstić information content (AvgIpc) is 2.77. The molecule has 2 heterocycles. The van der Waals surface area contributed by atoms with Crippen LogP contribution in [0.1, 0.15) is 0 Å². The van der Waals surface area contributed by atoms with Crippen LogP contribution in [0.15, 0.2) is 64.8 Å². The number of benzene rings is 1. The highest BCUT2D eigenvalue weighted by Gasteiger charge is 2.00. The van der Waals surface area contributed by atoms with Gasteiger partial charge in [-0.25, -0.2) is 4.98 Å². The molecule has 3 aromatic rings. The molecule has 0 amide bonds. The van der Waals surface area contributed by atoms with Crippen LogP contribution < -0.4 is 0 Å². The SMILES string of the molecule is c1ccc(Sc2ccc3[nH]ccc3c2)nc1. The number of hydrogen-bond acceptors (Lipinski definition) is 2. The van der Waals surface area contributed by atoms with E-state index in [0.29, 0.717) is 0 Å². The van der Waals surface area contributed by atoms with E-state index in [-0.39, 0.29) is 0 Å². The number of hydrogen-bond donors (Lipinski definition) is 1. The maximum atomic E-state index is 4.30. The minimum Gasteiger partial charge on any atom is -0.361 e. The summed E-state index contributed by atoms with van der Waals surface area (Å²) in [5.41, 5.74) is 1.17. The van der Waals surface area contributed by atoms with Gasteiger partial charge in [-0.1, -0.05) is 17.8 Å². The summed E-state index contributed by atoms with van der Waals surface area (Å²) >= 11 is 1.68. The third-order valence-corrected chi connectivity index (χ3v) is 3.33. The first-order valence-corrected chi connectivity index (χ1v) is 5.89. The van der Waals surface area contributed by atoms with Gasteiger partial charge in [0.2, 0.25) is 0 Å². The van der Waals surface area contributed by atoms with Crippen LogP contribution >= 0.6 is 11.8 Å². The zero-order valence-electron chi connectivity index (χ0n) is 8.55. The molecule has 2 aromatic heterocycles. The Kier molecular flexibility index (Phi) is 2.38. The number of nitrogens with one attached hydrogen (secondary N) is 1. The van der Waals surface area contributed by atoms with E-state index in [4.69, 9.17) is 0 Å². The Morgan fingerprint density at radius 1 is 1.06 bits per heavy atom. The monoisotopic (exact) mass is 226 g/mol.